The first-order valence-corrected chi connectivity index (χ1v) is 7.75. The van der Waals surface area contributed by atoms with E-state index in [2.05, 4.69) is 10.6 Å². The van der Waals surface area contributed by atoms with Gasteiger partial charge in [0.05, 0.1) is 12.6 Å². The molecule has 1 aliphatic rings. The Morgan fingerprint density at radius 2 is 2.05 bits per heavy atom. The van der Waals surface area contributed by atoms with Crippen LogP contribution in [0.5, 0.6) is 0 Å². The van der Waals surface area contributed by atoms with Gasteiger partial charge in [-0.15, -0.1) is 0 Å². The molecule has 3 N–H and O–H groups in total. The number of aliphatic hydroxyl groups excluding tert-OH is 1. The van der Waals surface area contributed by atoms with Crippen molar-refractivity contribution in [3.63, 3.8) is 0 Å². The zero-order valence-electron chi connectivity index (χ0n) is 12.5. The molecule has 2 amide bonds. The lowest BCUT2D eigenvalue weighted by Crippen LogP contribution is -2.42. The lowest BCUT2D eigenvalue weighted by molar-refractivity contribution is 0.201. The lowest BCUT2D eigenvalue weighted by Gasteiger charge is -2.24. The van der Waals surface area contributed by atoms with Crippen LogP contribution in [0, 0.1) is 11.3 Å². The van der Waals surface area contributed by atoms with Gasteiger partial charge >= 0.3 is 6.03 Å². The minimum absolute atomic E-state index is 0.0882. The zero-order chi connectivity index (χ0) is 15.5. The number of amides is 2. The van der Waals surface area contributed by atoms with Crippen molar-refractivity contribution in [3.8, 4) is 0 Å². The molecule has 116 valence electrons. The highest BCUT2D eigenvalue weighted by Gasteiger charge is 2.42. The van der Waals surface area contributed by atoms with Gasteiger partial charge in [0, 0.05) is 17.0 Å². The SMILES string of the molecule is CC(C)C(NC(=O)NCC1(CO)CC1)c1ccccc1Cl. The molecule has 0 radical (unpaired) electrons. The Bertz CT molecular complexity index is 501. The first-order valence-electron chi connectivity index (χ1n) is 7.37. The summed E-state index contributed by atoms with van der Waals surface area (Å²) in [4.78, 5) is 12.1. The molecule has 1 unspecified atom stereocenters. The molecule has 0 aliphatic heterocycles. The Balaban J connectivity index is 1.97. The second-order valence-electron chi connectivity index (χ2n) is 6.23. The summed E-state index contributed by atoms with van der Waals surface area (Å²) in [6.45, 7) is 4.74. The molecule has 0 spiro atoms. The fourth-order valence-corrected chi connectivity index (χ4v) is 2.61. The van der Waals surface area contributed by atoms with Crippen LogP contribution in [0.4, 0.5) is 4.79 Å². The monoisotopic (exact) mass is 310 g/mol. The molecule has 5 heteroatoms. The number of halogens is 1. The Morgan fingerprint density at radius 1 is 1.38 bits per heavy atom. The molecule has 0 bridgehead atoms. The van der Waals surface area contributed by atoms with Crippen LogP contribution in [0.25, 0.3) is 0 Å². The van der Waals surface area contributed by atoms with E-state index in [9.17, 15) is 9.90 Å². The third-order valence-electron chi connectivity index (χ3n) is 4.11. The minimum atomic E-state index is -0.214. The first-order chi connectivity index (χ1) is 9.97. The first kappa shape index (κ1) is 16.1. The van der Waals surface area contributed by atoms with Gasteiger partial charge in [0.1, 0.15) is 0 Å². The standard InChI is InChI=1S/C16H23ClN2O2/c1-11(2)14(12-5-3-4-6-13(12)17)19-15(21)18-9-16(10-20)7-8-16/h3-6,11,14,20H,7-10H2,1-2H3,(H2,18,19,21). The Morgan fingerprint density at radius 3 is 2.57 bits per heavy atom. The molecule has 21 heavy (non-hydrogen) atoms. The van der Waals surface area contributed by atoms with Crippen LogP contribution in [0.1, 0.15) is 38.3 Å². The number of nitrogens with one attached hydrogen (secondary N) is 2. The zero-order valence-corrected chi connectivity index (χ0v) is 13.3. The molecule has 1 atom stereocenters. The molecule has 0 saturated heterocycles. The minimum Gasteiger partial charge on any atom is -0.396 e. The maximum absolute atomic E-state index is 12.1. The van der Waals surface area contributed by atoms with Crippen LogP contribution in [0.3, 0.4) is 0 Å². The van der Waals surface area contributed by atoms with E-state index in [1.54, 1.807) is 0 Å². The predicted octanol–water partition coefficient (Wildman–Crippen LogP) is 3.11. The normalized spacial score (nSPS) is 17.4. The number of hydrogen-bond acceptors (Lipinski definition) is 2. The van der Waals surface area contributed by atoms with Crippen LogP contribution in [0.2, 0.25) is 5.02 Å². The van der Waals surface area contributed by atoms with Gasteiger partial charge in [-0.3, -0.25) is 0 Å². The molecule has 2 rings (SSSR count). The van der Waals surface area contributed by atoms with Crippen molar-refractivity contribution in [3.05, 3.63) is 34.9 Å². The Kier molecular flexibility index (Phi) is 5.12. The van der Waals surface area contributed by atoms with Crippen molar-refractivity contribution in [2.24, 2.45) is 11.3 Å². The van der Waals surface area contributed by atoms with E-state index in [-0.39, 0.29) is 30.0 Å². The van der Waals surface area contributed by atoms with Crippen LogP contribution in [-0.2, 0) is 0 Å². The summed E-state index contributed by atoms with van der Waals surface area (Å²) in [7, 11) is 0. The maximum Gasteiger partial charge on any atom is 0.315 e. The van der Waals surface area contributed by atoms with E-state index in [1.807, 2.05) is 38.1 Å². The third-order valence-corrected chi connectivity index (χ3v) is 4.45. The van der Waals surface area contributed by atoms with Gasteiger partial charge in [-0.25, -0.2) is 4.79 Å². The van der Waals surface area contributed by atoms with Crippen molar-refractivity contribution in [1.82, 2.24) is 10.6 Å². The average Bonchev–Trinajstić information content (AvgIpc) is 3.24. The van der Waals surface area contributed by atoms with E-state index >= 15 is 0 Å². The van der Waals surface area contributed by atoms with Crippen molar-refractivity contribution in [2.75, 3.05) is 13.2 Å². The number of rotatable bonds is 6. The quantitative estimate of drug-likeness (QED) is 0.756. The molecule has 1 aliphatic carbocycles. The van der Waals surface area contributed by atoms with E-state index in [1.165, 1.54) is 0 Å². The summed E-state index contributed by atoms with van der Waals surface area (Å²) in [6.07, 6.45) is 1.95. The van der Waals surface area contributed by atoms with E-state index in [4.69, 9.17) is 11.6 Å². The molecular formula is C16H23ClN2O2. The lowest BCUT2D eigenvalue weighted by atomic mass is 9.96. The summed E-state index contributed by atoms with van der Waals surface area (Å²) in [5.41, 5.74) is 0.835. The van der Waals surface area contributed by atoms with E-state index < -0.39 is 0 Å². The van der Waals surface area contributed by atoms with Gasteiger partial charge in [-0.1, -0.05) is 43.6 Å². The van der Waals surface area contributed by atoms with Gasteiger partial charge < -0.3 is 15.7 Å². The summed E-state index contributed by atoms with van der Waals surface area (Å²) >= 11 is 6.22. The van der Waals surface area contributed by atoms with Crippen molar-refractivity contribution < 1.29 is 9.90 Å². The van der Waals surface area contributed by atoms with Gasteiger partial charge in [0.15, 0.2) is 0 Å². The summed E-state index contributed by atoms with van der Waals surface area (Å²) in [5, 5.41) is 15.8. The van der Waals surface area contributed by atoms with Crippen LogP contribution >= 0.6 is 11.6 Å². The highest BCUT2D eigenvalue weighted by molar-refractivity contribution is 6.31. The molecular weight excluding hydrogens is 288 g/mol. The summed E-state index contributed by atoms with van der Waals surface area (Å²) in [5.74, 6) is 0.225. The smallest absolute Gasteiger partial charge is 0.315 e. The Hall–Kier alpha value is -1.26. The molecule has 1 aromatic rings. The average molecular weight is 311 g/mol. The predicted molar refractivity (Wildman–Crippen MR) is 84.3 cm³/mol. The van der Waals surface area contributed by atoms with Crippen molar-refractivity contribution >= 4 is 17.6 Å². The van der Waals surface area contributed by atoms with Gasteiger partial charge in [0.2, 0.25) is 0 Å². The largest absolute Gasteiger partial charge is 0.396 e. The topological polar surface area (TPSA) is 61.4 Å². The number of benzene rings is 1. The van der Waals surface area contributed by atoms with Gasteiger partial charge in [-0.05, 0) is 30.4 Å². The number of carbonyl (C=O) groups excluding carboxylic acids is 1. The second kappa shape index (κ2) is 6.67. The number of carbonyl (C=O) groups is 1. The maximum atomic E-state index is 12.1. The fourth-order valence-electron chi connectivity index (χ4n) is 2.36. The van der Waals surface area contributed by atoms with Gasteiger partial charge in [-0.2, -0.15) is 0 Å². The fraction of sp³-hybridized carbons (Fsp3) is 0.562. The third kappa shape index (κ3) is 4.11. The van der Waals surface area contributed by atoms with Crippen molar-refractivity contribution in [1.29, 1.82) is 0 Å². The number of aliphatic hydroxyl groups is 1. The molecule has 1 saturated carbocycles. The van der Waals surface area contributed by atoms with Crippen molar-refractivity contribution in [2.45, 2.75) is 32.7 Å². The Labute approximate surface area is 130 Å². The molecule has 0 aromatic heterocycles. The molecule has 0 heterocycles. The van der Waals surface area contributed by atoms with Gasteiger partial charge in [0.25, 0.3) is 0 Å². The summed E-state index contributed by atoms with van der Waals surface area (Å²) in [6, 6.07) is 7.21. The highest BCUT2D eigenvalue weighted by Crippen LogP contribution is 2.44. The van der Waals surface area contributed by atoms with Crippen LogP contribution in [-0.4, -0.2) is 24.3 Å². The van der Waals surface area contributed by atoms with E-state index in [0.29, 0.717) is 11.6 Å². The molecule has 1 fully saturated rings. The second-order valence-corrected chi connectivity index (χ2v) is 6.64. The number of urea groups is 1. The van der Waals surface area contributed by atoms with E-state index in [0.717, 1.165) is 18.4 Å². The highest BCUT2D eigenvalue weighted by atomic mass is 35.5. The van der Waals surface area contributed by atoms with Crippen LogP contribution in [0.15, 0.2) is 24.3 Å². The summed E-state index contributed by atoms with van der Waals surface area (Å²) < 4.78 is 0. The molecule has 1 aromatic carbocycles. The molecule has 4 nitrogen and oxygen atoms in total. The van der Waals surface area contributed by atoms with Crippen LogP contribution < -0.4 is 10.6 Å². The number of hydrogen-bond donors (Lipinski definition) is 3.